The molecule has 0 aromatic heterocycles. The monoisotopic (exact) mass is 348 g/mol. The summed E-state index contributed by atoms with van der Waals surface area (Å²) in [5, 5.41) is 8.88. The maximum absolute atomic E-state index is 6.06. The van der Waals surface area contributed by atoms with Crippen LogP contribution in [0.5, 0.6) is 0 Å². The van der Waals surface area contributed by atoms with Gasteiger partial charge < -0.3 is 10.6 Å². The summed E-state index contributed by atoms with van der Waals surface area (Å²) < 4.78 is 0. The van der Waals surface area contributed by atoms with E-state index in [0.29, 0.717) is 33.2 Å². The highest BCUT2D eigenvalue weighted by Gasteiger charge is 2.01. The molecule has 6 heteroatoms. The van der Waals surface area contributed by atoms with Crippen molar-refractivity contribution in [3.8, 4) is 0 Å². The summed E-state index contributed by atoms with van der Waals surface area (Å²) in [7, 11) is 0. The first-order valence-electron chi connectivity index (χ1n) is 5.93. The number of hydrogen-bond acceptors (Lipinski definition) is 2. The Bertz CT molecular complexity index is 581. The maximum atomic E-state index is 6.06. The summed E-state index contributed by atoms with van der Waals surface area (Å²) in [5.41, 5.74) is 1.73. The molecule has 0 radical (unpaired) electrons. The van der Waals surface area contributed by atoms with Crippen molar-refractivity contribution in [3.63, 3.8) is 0 Å². The second-order valence-electron chi connectivity index (χ2n) is 4.14. The lowest BCUT2D eigenvalue weighted by molar-refractivity contribution is 1.08. The maximum Gasteiger partial charge on any atom is 0.0652 e. The molecule has 0 fully saturated rings. The Morgan fingerprint density at radius 1 is 0.700 bits per heavy atom. The van der Waals surface area contributed by atoms with Crippen molar-refractivity contribution in [3.05, 3.63) is 56.5 Å². The van der Waals surface area contributed by atoms with Crippen LogP contribution in [0.4, 0.5) is 11.4 Å². The van der Waals surface area contributed by atoms with Crippen molar-refractivity contribution in [1.82, 2.24) is 0 Å². The van der Waals surface area contributed by atoms with Crippen LogP contribution in [0.2, 0.25) is 20.1 Å². The van der Waals surface area contributed by atoms with Crippen LogP contribution in [0.25, 0.3) is 0 Å². The van der Waals surface area contributed by atoms with E-state index >= 15 is 0 Å². The van der Waals surface area contributed by atoms with Gasteiger partial charge in [-0.2, -0.15) is 0 Å². The third kappa shape index (κ3) is 4.64. The fourth-order valence-corrected chi connectivity index (χ4v) is 2.69. The van der Waals surface area contributed by atoms with Crippen molar-refractivity contribution in [2.24, 2.45) is 0 Å². The van der Waals surface area contributed by atoms with Gasteiger partial charge in [-0.15, -0.1) is 0 Å². The zero-order chi connectivity index (χ0) is 14.5. The fourth-order valence-electron chi connectivity index (χ4n) is 1.69. The molecular weight excluding hydrogens is 338 g/mol. The molecule has 106 valence electrons. The van der Waals surface area contributed by atoms with Crippen LogP contribution in [0, 0.1) is 0 Å². The number of hydrogen-bond donors (Lipinski definition) is 2. The predicted octanol–water partition coefficient (Wildman–Crippen LogP) is 5.82. The van der Waals surface area contributed by atoms with Gasteiger partial charge in [-0.05, 0) is 36.4 Å². The van der Waals surface area contributed by atoms with Gasteiger partial charge in [0.05, 0.1) is 10.7 Å². The number of nitrogens with one attached hydrogen (secondary N) is 2. The predicted molar refractivity (Wildman–Crippen MR) is 89.9 cm³/mol. The standard InChI is InChI=1S/C14H12Cl4N2/c15-9-1-2-14(13(18)8-9)20-4-3-19-12-6-10(16)5-11(17)7-12/h1-2,5-8,19-20H,3-4H2. The highest BCUT2D eigenvalue weighted by molar-refractivity contribution is 6.36. The van der Waals surface area contributed by atoms with E-state index in [1.165, 1.54) is 0 Å². The lowest BCUT2D eigenvalue weighted by Gasteiger charge is -2.11. The number of halogens is 4. The second kappa shape index (κ2) is 7.28. The van der Waals surface area contributed by atoms with Crippen LogP contribution in [0.1, 0.15) is 0 Å². The molecule has 0 atom stereocenters. The van der Waals surface area contributed by atoms with E-state index in [0.717, 1.165) is 11.4 Å². The number of rotatable bonds is 5. The summed E-state index contributed by atoms with van der Waals surface area (Å²) in [4.78, 5) is 0. The molecule has 0 spiro atoms. The van der Waals surface area contributed by atoms with E-state index in [2.05, 4.69) is 10.6 Å². The second-order valence-corrected chi connectivity index (χ2v) is 5.85. The minimum atomic E-state index is 0.600. The van der Waals surface area contributed by atoms with Crippen molar-refractivity contribution in [2.45, 2.75) is 0 Å². The van der Waals surface area contributed by atoms with Crippen LogP contribution < -0.4 is 10.6 Å². The van der Waals surface area contributed by atoms with E-state index in [4.69, 9.17) is 46.4 Å². The van der Waals surface area contributed by atoms with Gasteiger partial charge in [0.1, 0.15) is 0 Å². The normalized spacial score (nSPS) is 10.4. The van der Waals surface area contributed by atoms with E-state index in [1.54, 1.807) is 18.2 Å². The molecule has 2 aromatic rings. The van der Waals surface area contributed by atoms with Crippen LogP contribution in [0.15, 0.2) is 36.4 Å². The molecule has 2 nitrogen and oxygen atoms in total. The molecule has 0 saturated carbocycles. The quantitative estimate of drug-likeness (QED) is 0.664. The first kappa shape index (κ1) is 15.6. The Morgan fingerprint density at radius 3 is 2.00 bits per heavy atom. The Morgan fingerprint density at radius 2 is 1.35 bits per heavy atom. The molecule has 0 unspecified atom stereocenters. The summed E-state index contributed by atoms with van der Waals surface area (Å²) in [5.74, 6) is 0. The molecule has 20 heavy (non-hydrogen) atoms. The van der Waals surface area contributed by atoms with E-state index in [9.17, 15) is 0 Å². The zero-order valence-corrected chi connectivity index (χ0v) is 13.4. The molecule has 0 heterocycles. The van der Waals surface area contributed by atoms with Crippen LogP contribution >= 0.6 is 46.4 Å². The van der Waals surface area contributed by atoms with E-state index < -0.39 is 0 Å². The molecule has 0 saturated heterocycles. The largest absolute Gasteiger partial charge is 0.383 e. The van der Waals surface area contributed by atoms with Gasteiger partial charge in [0, 0.05) is 33.8 Å². The summed E-state index contributed by atoms with van der Waals surface area (Å²) in [6.45, 7) is 1.40. The third-order valence-electron chi connectivity index (χ3n) is 2.56. The minimum Gasteiger partial charge on any atom is -0.383 e. The summed E-state index contributed by atoms with van der Waals surface area (Å²) >= 11 is 23.8. The topological polar surface area (TPSA) is 24.1 Å². The van der Waals surface area contributed by atoms with Crippen molar-refractivity contribution >= 4 is 57.8 Å². The smallest absolute Gasteiger partial charge is 0.0652 e. The lowest BCUT2D eigenvalue weighted by atomic mass is 10.3. The lowest BCUT2D eigenvalue weighted by Crippen LogP contribution is -2.13. The van der Waals surface area contributed by atoms with Gasteiger partial charge in [-0.3, -0.25) is 0 Å². The highest BCUT2D eigenvalue weighted by Crippen LogP contribution is 2.25. The van der Waals surface area contributed by atoms with Crippen LogP contribution in [0.3, 0.4) is 0 Å². The van der Waals surface area contributed by atoms with Gasteiger partial charge in [-0.1, -0.05) is 46.4 Å². The number of anilines is 2. The SMILES string of the molecule is Clc1cc(Cl)cc(NCCNc2ccc(Cl)cc2Cl)c1. The van der Waals surface area contributed by atoms with Crippen molar-refractivity contribution in [2.75, 3.05) is 23.7 Å². The average molecular weight is 350 g/mol. The van der Waals surface area contributed by atoms with Crippen molar-refractivity contribution in [1.29, 1.82) is 0 Å². The van der Waals surface area contributed by atoms with Crippen LogP contribution in [-0.2, 0) is 0 Å². The minimum absolute atomic E-state index is 0.600. The highest BCUT2D eigenvalue weighted by atomic mass is 35.5. The van der Waals surface area contributed by atoms with E-state index in [1.807, 2.05) is 18.2 Å². The van der Waals surface area contributed by atoms with E-state index in [-0.39, 0.29) is 0 Å². The molecule has 0 bridgehead atoms. The molecule has 2 aromatic carbocycles. The molecule has 2 N–H and O–H groups in total. The van der Waals surface area contributed by atoms with Crippen molar-refractivity contribution < 1.29 is 0 Å². The Balaban J connectivity index is 1.84. The third-order valence-corrected chi connectivity index (χ3v) is 3.55. The van der Waals surface area contributed by atoms with Gasteiger partial charge in [0.25, 0.3) is 0 Å². The molecule has 0 aliphatic heterocycles. The molecule has 2 rings (SSSR count). The Hall–Kier alpha value is -0.800. The van der Waals surface area contributed by atoms with Gasteiger partial charge in [0.15, 0.2) is 0 Å². The summed E-state index contributed by atoms with van der Waals surface area (Å²) in [6, 6.07) is 10.7. The molecule has 0 amide bonds. The molecule has 0 aliphatic carbocycles. The first-order valence-corrected chi connectivity index (χ1v) is 7.44. The Kier molecular flexibility index (Phi) is 5.67. The van der Waals surface area contributed by atoms with Crippen LogP contribution in [-0.4, -0.2) is 13.1 Å². The van der Waals surface area contributed by atoms with Gasteiger partial charge in [-0.25, -0.2) is 0 Å². The fraction of sp³-hybridized carbons (Fsp3) is 0.143. The summed E-state index contributed by atoms with van der Waals surface area (Å²) in [6.07, 6.45) is 0. The molecule has 0 aliphatic rings. The Labute approximate surface area is 138 Å². The molecular formula is C14H12Cl4N2. The first-order chi connectivity index (χ1) is 9.54. The zero-order valence-electron chi connectivity index (χ0n) is 10.4. The average Bonchev–Trinajstić information content (AvgIpc) is 2.35. The number of benzene rings is 2. The van der Waals surface area contributed by atoms with Gasteiger partial charge >= 0.3 is 0 Å². The van der Waals surface area contributed by atoms with Gasteiger partial charge in [0.2, 0.25) is 0 Å².